The summed E-state index contributed by atoms with van der Waals surface area (Å²) < 4.78 is 4.48. The van der Waals surface area contributed by atoms with Crippen molar-refractivity contribution in [3.05, 3.63) is 28.0 Å². The van der Waals surface area contributed by atoms with Crippen molar-refractivity contribution in [2.24, 2.45) is 0 Å². The van der Waals surface area contributed by atoms with E-state index in [1.807, 2.05) is 19.1 Å². The van der Waals surface area contributed by atoms with Crippen molar-refractivity contribution in [3.8, 4) is 0 Å². The van der Waals surface area contributed by atoms with E-state index < -0.39 is 5.97 Å². The minimum Gasteiger partial charge on any atom is -0.468 e. The largest absolute Gasteiger partial charge is 0.468 e. The molecule has 1 rings (SSSR count). The highest BCUT2D eigenvalue weighted by Gasteiger charge is 2.09. The van der Waals surface area contributed by atoms with E-state index in [-0.39, 0.29) is 12.5 Å². The molecule has 0 radical (unpaired) electrons. The first-order chi connectivity index (χ1) is 8.02. The fourth-order valence-electron chi connectivity index (χ4n) is 1.16. The van der Waals surface area contributed by atoms with Crippen LogP contribution in [0.3, 0.4) is 0 Å². The number of rotatable bonds is 4. The third-order valence-electron chi connectivity index (χ3n) is 2.12. The molecule has 92 valence electrons. The second kappa shape index (κ2) is 6.20. The standard InChI is InChI=1S/C12H15NO3S/c1-9-4-5-10(17-9)6-7-11(14)13(2)8-12(15)16-3/h4-7H,8H2,1-3H3/b7-6+. The second-order valence-corrected chi connectivity index (χ2v) is 4.87. The third kappa shape index (κ3) is 4.40. The molecule has 0 aliphatic carbocycles. The van der Waals surface area contributed by atoms with Crippen molar-refractivity contribution in [1.82, 2.24) is 4.90 Å². The molecule has 0 aliphatic heterocycles. The molecular formula is C12H15NO3S. The third-order valence-corrected chi connectivity index (χ3v) is 3.09. The van der Waals surface area contributed by atoms with Gasteiger partial charge in [0.25, 0.3) is 0 Å². The summed E-state index contributed by atoms with van der Waals surface area (Å²) in [5.41, 5.74) is 0. The van der Waals surface area contributed by atoms with Crippen LogP contribution in [0.2, 0.25) is 0 Å². The number of hydrogen-bond acceptors (Lipinski definition) is 4. The lowest BCUT2D eigenvalue weighted by Crippen LogP contribution is -2.31. The van der Waals surface area contributed by atoms with E-state index >= 15 is 0 Å². The normalized spacial score (nSPS) is 10.5. The van der Waals surface area contributed by atoms with Crippen LogP contribution in [-0.2, 0) is 14.3 Å². The summed E-state index contributed by atoms with van der Waals surface area (Å²) in [4.78, 5) is 26.1. The number of carbonyl (C=O) groups is 2. The van der Waals surface area contributed by atoms with E-state index in [0.717, 1.165) is 4.88 Å². The molecule has 17 heavy (non-hydrogen) atoms. The summed E-state index contributed by atoms with van der Waals surface area (Å²) in [6.07, 6.45) is 3.20. The van der Waals surface area contributed by atoms with Crippen molar-refractivity contribution < 1.29 is 14.3 Å². The van der Waals surface area contributed by atoms with Gasteiger partial charge < -0.3 is 9.64 Å². The van der Waals surface area contributed by atoms with Crippen LogP contribution in [0.5, 0.6) is 0 Å². The Hall–Kier alpha value is -1.62. The number of amides is 1. The maximum atomic E-state index is 11.6. The molecule has 1 amide bonds. The molecule has 0 spiro atoms. The average molecular weight is 253 g/mol. The Balaban J connectivity index is 2.54. The molecule has 0 fully saturated rings. The molecule has 0 aromatic carbocycles. The van der Waals surface area contributed by atoms with Crippen LogP contribution >= 0.6 is 11.3 Å². The summed E-state index contributed by atoms with van der Waals surface area (Å²) in [6, 6.07) is 3.94. The van der Waals surface area contributed by atoms with Gasteiger partial charge >= 0.3 is 5.97 Å². The molecule has 0 aliphatic rings. The van der Waals surface area contributed by atoms with Gasteiger partial charge in [-0.2, -0.15) is 0 Å². The Kier molecular flexibility index (Phi) is 4.90. The maximum absolute atomic E-state index is 11.6. The van der Waals surface area contributed by atoms with Crippen LogP contribution in [0.25, 0.3) is 6.08 Å². The van der Waals surface area contributed by atoms with Gasteiger partial charge in [0.05, 0.1) is 7.11 Å². The minimum absolute atomic E-state index is 0.0386. The number of esters is 1. The van der Waals surface area contributed by atoms with Gasteiger partial charge in [0.15, 0.2) is 0 Å². The van der Waals surface area contributed by atoms with Crippen LogP contribution in [0.4, 0.5) is 0 Å². The van der Waals surface area contributed by atoms with E-state index in [2.05, 4.69) is 4.74 Å². The molecule has 0 unspecified atom stereocenters. The Labute approximate surface area is 104 Å². The van der Waals surface area contributed by atoms with Crippen molar-refractivity contribution >= 4 is 29.3 Å². The van der Waals surface area contributed by atoms with Gasteiger partial charge in [0.2, 0.25) is 5.91 Å². The number of methoxy groups -OCH3 is 1. The van der Waals surface area contributed by atoms with Crippen LogP contribution < -0.4 is 0 Å². The quantitative estimate of drug-likeness (QED) is 0.606. The molecule has 4 nitrogen and oxygen atoms in total. The molecule has 0 bridgehead atoms. The molecule has 5 heteroatoms. The number of hydrogen-bond donors (Lipinski definition) is 0. The Bertz CT molecular complexity index is 437. The maximum Gasteiger partial charge on any atom is 0.325 e. The van der Waals surface area contributed by atoms with E-state index in [0.29, 0.717) is 0 Å². The molecule has 0 saturated carbocycles. The lowest BCUT2D eigenvalue weighted by molar-refractivity contribution is -0.144. The number of carbonyl (C=O) groups excluding carboxylic acids is 2. The van der Waals surface area contributed by atoms with Crippen LogP contribution in [0, 0.1) is 6.92 Å². The zero-order chi connectivity index (χ0) is 12.8. The number of aryl methyl sites for hydroxylation is 1. The highest BCUT2D eigenvalue weighted by Crippen LogP contribution is 2.16. The summed E-state index contributed by atoms with van der Waals surface area (Å²) in [5.74, 6) is -0.650. The van der Waals surface area contributed by atoms with Crippen molar-refractivity contribution in [2.45, 2.75) is 6.92 Å². The van der Waals surface area contributed by atoms with Gasteiger partial charge in [-0.3, -0.25) is 9.59 Å². The minimum atomic E-state index is -0.429. The SMILES string of the molecule is COC(=O)CN(C)C(=O)/C=C/c1ccc(C)s1. The molecule has 0 N–H and O–H groups in total. The first kappa shape index (κ1) is 13.4. The summed E-state index contributed by atoms with van der Waals surface area (Å²) >= 11 is 1.61. The number of ether oxygens (including phenoxy) is 1. The summed E-state index contributed by atoms with van der Waals surface area (Å²) in [6.45, 7) is 1.97. The smallest absolute Gasteiger partial charge is 0.325 e. The Morgan fingerprint density at radius 2 is 2.18 bits per heavy atom. The topological polar surface area (TPSA) is 46.6 Å². The molecular weight excluding hydrogens is 238 g/mol. The zero-order valence-corrected chi connectivity index (χ0v) is 10.9. The lowest BCUT2D eigenvalue weighted by atomic mass is 10.3. The molecule has 0 atom stereocenters. The van der Waals surface area contributed by atoms with Crippen LogP contribution in [-0.4, -0.2) is 37.5 Å². The molecule has 1 aromatic heterocycles. The van der Waals surface area contributed by atoms with Crippen molar-refractivity contribution in [2.75, 3.05) is 20.7 Å². The number of nitrogens with zero attached hydrogens (tertiary/aromatic N) is 1. The molecule has 0 saturated heterocycles. The van der Waals surface area contributed by atoms with Crippen molar-refractivity contribution in [3.63, 3.8) is 0 Å². The van der Waals surface area contributed by atoms with Crippen molar-refractivity contribution in [1.29, 1.82) is 0 Å². The van der Waals surface area contributed by atoms with Crippen LogP contribution in [0.15, 0.2) is 18.2 Å². The van der Waals surface area contributed by atoms with E-state index in [9.17, 15) is 9.59 Å². The number of thiophene rings is 1. The lowest BCUT2D eigenvalue weighted by Gasteiger charge is -2.12. The van der Waals surface area contributed by atoms with Gasteiger partial charge in [0, 0.05) is 22.9 Å². The molecule has 1 heterocycles. The highest BCUT2D eigenvalue weighted by molar-refractivity contribution is 7.12. The zero-order valence-electron chi connectivity index (χ0n) is 10.1. The van der Waals surface area contributed by atoms with Crippen LogP contribution in [0.1, 0.15) is 9.75 Å². The predicted molar refractivity (Wildman–Crippen MR) is 67.7 cm³/mol. The van der Waals surface area contributed by atoms with E-state index in [1.165, 1.54) is 23.0 Å². The first-order valence-electron chi connectivity index (χ1n) is 5.09. The predicted octanol–water partition coefficient (Wildman–Crippen LogP) is 1.70. The van der Waals surface area contributed by atoms with Gasteiger partial charge in [-0.25, -0.2) is 0 Å². The molecule has 1 aromatic rings. The average Bonchev–Trinajstić information content (AvgIpc) is 2.71. The van der Waals surface area contributed by atoms with Gasteiger partial charge in [-0.05, 0) is 25.1 Å². The summed E-state index contributed by atoms with van der Waals surface area (Å²) in [7, 11) is 2.86. The first-order valence-corrected chi connectivity index (χ1v) is 5.91. The summed E-state index contributed by atoms with van der Waals surface area (Å²) in [5, 5.41) is 0. The monoisotopic (exact) mass is 253 g/mol. The van der Waals surface area contributed by atoms with E-state index in [4.69, 9.17) is 0 Å². The van der Waals surface area contributed by atoms with Gasteiger partial charge in [0.1, 0.15) is 6.54 Å². The van der Waals surface area contributed by atoms with Gasteiger partial charge in [-0.1, -0.05) is 0 Å². The second-order valence-electron chi connectivity index (χ2n) is 3.55. The Morgan fingerprint density at radius 3 is 2.71 bits per heavy atom. The van der Waals surface area contributed by atoms with Gasteiger partial charge in [-0.15, -0.1) is 11.3 Å². The van der Waals surface area contributed by atoms with E-state index in [1.54, 1.807) is 24.5 Å². The Morgan fingerprint density at radius 1 is 1.47 bits per heavy atom. The fraction of sp³-hybridized carbons (Fsp3) is 0.333. The highest BCUT2D eigenvalue weighted by atomic mass is 32.1. The number of likely N-dealkylation sites (N-methyl/N-ethyl adjacent to an activating group) is 1. The fourth-order valence-corrected chi connectivity index (χ4v) is 1.94.